The molecule has 3 N–H and O–H groups in total. The second-order valence-corrected chi connectivity index (χ2v) is 4.67. The lowest BCUT2D eigenvalue weighted by molar-refractivity contribution is -0.129. The van der Waals surface area contributed by atoms with Crippen LogP contribution in [0.5, 0.6) is 0 Å². The van der Waals surface area contributed by atoms with Crippen molar-refractivity contribution >= 4 is 11.9 Å². The first-order valence-electron chi connectivity index (χ1n) is 6.12. The van der Waals surface area contributed by atoms with Crippen LogP contribution < -0.4 is 5.32 Å². The summed E-state index contributed by atoms with van der Waals surface area (Å²) >= 11 is 0. The van der Waals surface area contributed by atoms with Gasteiger partial charge in [0.15, 0.2) is 0 Å². The Morgan fingerprint density at radius 1 is 1.50 bits per heavy atom. The number of aliphatic hydroxyl groups excluding tert-OH is 2. The number of hydrogen-bond donors (Lipinski definition) is 3. The Morgan fingerprint density at radius 3 is 2.78 bits per heavy atom. The third-order valence-electron chi connectivity index (χ3n) is 3.50. The molecule has 2 rings (SSSR count). The van der Waals surface area contributed by atoms with E-state index >= 15 is 0 Å². The van der Waals surface area contributed by atoms with Crippen molar-refractivity contribution in [1.82, 2.24) is 10.2 Å². The van der Waals surface area contributed by atoms with E-state index in [9.17, 15) is 14.7 Å². The number of aliphatic hydroxyl groups is 2. The summed E-state index contributed by atoms with van der Waals surface area (Å²) in [4.78, 5) is 24.6. The quantitative estimate of drug-likeness (QED) is 0.605. The number of carbonyl (C=O) groups is 2. The molecule has 2 saturated heterocycles. The van der Waals surface area contributed by atoms with E-state index in [0.717, 1.165) is 0 Å². The maximum absolute atomic E-state index is 11.7. The first-order valence-corrected chi connectivity index (χ1v) is 6.12. The van der Waals surface area contributed by atoms with Crippen LogP contribution in [-0.4, -0.2) is 58.6 Å². The van der Waals surface area contributed by atoms with Crippen LogP contribution in [0.15, 0.2) is 0 Å². The predicted molar refractivity (Wildman–Crippen MR) is 60.4 cm³/mol. The van der Waals surface area contributed by atoms with Gasteiger partial charge in [0.2, 0.25) is 5.91 Å². The molecule has 0 bridgehead atoms. The van der Waals surface area contributed by atoms with Gasteiger partial charge in [0.1, 0.15) is 12.3 Å². The number of amides is 3. The van der Waals surface area contributed by atoms with Crippen molar-refractivity contribution < 1.29 is 24.5 Å². The van der Waals surface area contributed by atoms with Gasteiger partial charge in [-0.25, -0.2) is 4.79 Å². The van der Waals surface area contributed by atoms with Gasteiger partial charge in [0.25, 0.3) is 0 Å². The number of imide groups is 1. The number of carbonyl (C=O) groups excluding carboxylic acids is 2. The van der Waals surface area contributed by atoms with Gasteiger partial charge in [-0.3, -0.25) is 15.0 Å². The lowest BCUT2D eigenvalue weighted by Crippen LogP contribution is -2.57. The molecule has 0 aromatic heterocycles. The molecule has 0 spiro atoms. The Morgan fingerprint density at radius 2 is 2.22 bits per heavy atom. The summed E-state index contributed by atoms with van der Waals surface area (Å²) < 4.78 is 5.41. The second kappa shape index (κ2) is 5.21. The van der Waals surface area contributed by atoms with Crippen molar-refractivity contribution in [3.63, 3.8) is 0 Å². The van der Waals surface area contributed by atoms with Gasteiger partial charge in [-0.1, -0.05) is 6.92 Å². The summed E-state index contributed by atoms with van der Waals surface area (Å²) in [5.41, 5.74) is 0. The average Bonchev–Trinajstić information content (AvgIpc) is 2.70. The first-order chi connectivity index (χ1) is 8.56. The minimum atomic E-state index is -0.787. The highest BCUT2D eigenvalue weighted by Crippen LogP contribution is 2.26. The van der Waals surface area contributed by atoms with E-state index in [0.29, 0.717) is 6.42 Å². The van der Waals surface area contributed by atoms with E-state index in [1.807, 2.05) is 6.92 Å². The maximum atomic E-state index is 11.7. The predicted octanol–water partition coefficient (Wildman–Crippen LogP) is -0.967. The van der Waals surface area contributed by atoms with Crippen LogP contribution in [0.4, 0.5) is 4.79 Å². The van der Waals surface area contributed by atoms with E-state index in [2.05, 4.69) is 5.32 Å². The Hall–Kier alpha value is -1.18. The number of ether oxygens (including phenoxy) is 1. The van der Waals surface area contributed by atoms with Crippen LogP contribution in [0.1, 0.15) is 19.8 Å². The highest BCUT2D eigenvalue weighted by Gasteiger charge is 2.42. The summed E-state index contributed by atoms with van der Waals surface area (Å²) in [5, 5.41) is 20.9. The summed E-state index contributed by atoms with van der Waals surface area (Å²) in [5.74, 6) is -0.521. The lowest BCUT2D eigenvalue weighted by atomic mass is 10.0. The minimum absolute atomic E-state index is 0.253. The Balaban J connectivity index is 2.04. The Kier molecular flexibility index (Phi) is 3.84. The topological polar surface area (TPSA) is 99.1 Å². The molecule has 2 heterocycles. The summed E-state index contributed by atoms with van der Waals surface area (Å²) in [6, 6.07) is -0.500. The molecule has 4 unspecified atom stereocenters. The van der Waals surface area contributed by atoms with Crippen molar-refractivity contribution in [2.24, 2.45) is 5.92 Å². The average molecular weight is 258 g/mol. The van der Waals surface area contributed by atoms with Gasteiger partial charge >= 0.3 is 6.03 Å². The molecule has 0 radical (unpaired) electrons. The van der Waals surface area contributed by atoms with Gasteiger partial charge in [-0.05, 0) is 6.42 Å². The van der Waals surface area contributed by atoms with Gasteiger partial charge in [-0.2, -0.15) is 0 Å². The summed E-state index contributed by atoms with van der Waals surface area (Å²) in [7, 11) is 0. The monoisotopic (exact) mass is 258 g/mol. The van der Waals surface area contributed by atoms with E-state index in [-0.39, 0.29) is 31.4 Å². The summed E-state index contributed by atoms with van der Waals surface area (Å²) in [6.07, 6.45) is -1.15. The van der Waals surface area contributed by atoms with Crippen LogP contribution in [0.3, 0.4) is 0 Å². The van der Waals surface area contributed by atoms with Crippen LogP contribution in [-0.2, 0) is 9.53 Å². The number of nitrogens with zero attached hydrogens (tertiary/aromatic N) is 1. The Bertz CT molecular complexity index is 348. The fourth-order valence-corrected chi connectivity index (χ4v) is 2.32. The highest BCUT2D eigenvalue weighted by atomic mass is 16.5. The van der Waals surface area contributed by atoms with E-state index < -0.39 is 24.5 Å². The van der Waals surface area contributed by atoms with Gasteiger partial charge in [0.05, 0.1) is 18.6 Å². The fraction of sp³-hybridized carbons (Fsp3) is 0.818. The number of urea groups is 1. The SMILES string of the molecule is CCC1CN(C2CC(O)C(CO)O2)C(=O)NC1=O. The van der Waals surface area contributed by atoms with E-state index in [1.165, 1.54) is 4.90 Å². The molecule has 3 amide bonds. The smallest absolute Gasteiger partial charge is 0.326 e. The first kappa shape index (κ1) is 13.3. The number of rotatable bonds is 3. The van der Waals surface area contributed by atoms with Crippen LogP contribution in [0, 0.1) is 5.92 Å². The molecule has 0 aromatic carbocycles. The molecule has 102 valence electrons. The molecule has 2 aliphatic heterocycles. The lowest BCUT2D eigenvalue weighted by Gasteiger charge is -2.35. The molecule has 4 atom stereocenters. The van der Waals surface area contributed by atoms with Crippen molar-refractivity contribution in [3.8, 4) is 0 Å². The van der Waals surface area contributed by atoms with Crippen molar-refractivity contribution in [2.75, 3.05) is 13.2 Å². The zero-order valence-corrected chi connectivity index (χ0v) is 10.2. The molecule has 0 saturated carbocycles. The number of hydrogen-bond acceptors (Lipinski definition) is 5. The molecule has 0 aromatic rings. The fourth-order valence-electron chi connectivity index (χ4n) is 2.32. The maximum Gasteiger partial charge on any atom is 0.326 e. The van der Waals surface area contributed by atoms with Gasteiger partial charge in [0, 0.05) is 13.0 Å². The Labute approximate surface area is 105 Å². The van der Waals surface area contributed by atoms with Gasteiger partial charge in [-0.15, -0.1) is 0 Å². The third kappa shape index (κ3) is 2.33. The zero-order valence-electron chi connectivity index (χ0n) is 10.2. The van der Waals surface area contributed by atoms with Crippen molar-refractivity contribution in [3.05, 3.63) is 0 Å². The molecule has 7 nitrogen and oxygen atoms in total. The molecule has 2 fully saturated rings. The normalized spacial score (nSPS) is 36.9. The van der Waals surface area contributed by atoms with Crippen molar-refractivity contribution in [1.29, 1.82) is 0 Å². The molecule has 7 heteroatoms. The highest BCUT2D eigenvalue weighted by molar-refractivity contribution is 5.98. The van der Waals surface area contributed by atoms with E-state index in [1.54, 1.807) is 0 Å². The zero-order chi connectivity index (χ0) is 13.3. The largest absolute Gasteiger partial charge is 0.394 e. The molecule has 18 heavy (non-hydrogen) atoms. The molecular formula is C11H18N2O5. The van der Waals surface area contributed by atoms with E-state index in [4.69, 9.17) is 9.84 Å². The second-order valence-electron chi connectivity index (χ2n) is 4.67. The minimum Gasteiger partial charge on any atom is -0.394 e. The van der Waals surface area contributed by atoms with Gasteiger partial charge < -0.3 is 14.9 Å². The molecule has 2 aliphatic rings. The molecular weight excluding hydrogens is 240 g/mol. The third-order valence-corrected chi connectivity index (χ3v) is 3.50. The van der Waals surface area contributed by atoms with Crippen LogP contribution in [0.2, 0.25) is 0 Å². The number of nitrogens with one attached hydrogen (secondary N) is 1. The van der Waals surface area contributed by atoms with Crippen LogP contribution in [0.25, 0.3) is 0 Å². The molecule has 0 aliphatic carbocycles. The standard InChI is InChI=1S/C11H18N2O5/c1-2-6-4-13(11(17)12-10(6)16)9-3-7(15)8(5-14)18-9/h6-9,14-15H,2-5H2,1H3,(H,12,16,17). The van der Waals surface area contributed by atoms with Crippen LogP contribution >= 0.6 is 0 Å². The van der Waals surface area contributed by atoms with Crippen molar-refractivity contribution in [2.45, 2.75) is 38.2 Å². The summed E-state index contributed by atoms with van der Waals surface area (Å²) in [6.45, 7) is 1.87.